The molecule has 0 unspecified atom stereocenters. The van der Waals surface area contributed by atoms with Crippen molar-refractivity contribution in [2.45, 2.75) is 24.2 Å². The first kappa shape index (κ1) is 17.9. The average Bonchev–Trinajstić information content (AvgIpc) is 3.12. The number of halogens is 1. The number of hydrogen-bond donors (Lipinski definition) is 1. The third-order valence-corrected chi connectivity index (χ3v) is 6.25. The van der Waals surface area contributed by atoms with Gasteiger partial charge in [0, 0.05) is 23.8 Å². The molecular weight excluding hydrogens is 360 g/mol. The van der Waals surface area contributed by atoms with Crippen molar-refractivity contribution in [1.29, 1.82) is 0 Å². The molecule has 2 aromatic rings. The van der Waals surface area contributed by atoms with Gasteiger partial charge in [-0.1, -0.05) is 29.8 Å². The number of nitrogens with zero attached hydrogens (tertiary/aromatic N) is 1. The first-order valence-electron chi connectivity index (χ1n) is 8.10. The zero-order chi connectivity index (χ0) is 17.9. The van der Waals surface area contributed by atoms with E-state index < -0.39 is 10.0 Å². The lowest BCUT2D eigenvalue weighted by Gasteiger charge is -2.16. The van der Waals surface area contributed by atoms with E-state index in [4.69, 9.17) is 11.6 Å². The Balaban J connectivity index is 1.71. The van der Waals surface area contributed by atoms with Crippen LogP contribution in [-0.2, 0) is 21.2 Å². The predicted octanol–water partition coefficient (Wildman–Crippen LogP) is 3.31. The van der Waals surface area contributed by atoms with Gasteiger partial charge >= 0.3 is 0 Å². The van der Waals surface area contributed by atoms with Gasteiger partial charge in [0.2, 0.25) is 15.9 Å². The quantitative estimate of drug-likeness (QED) is 0.868. The Morgan fingerprint density at radius 2 is 1.76 bits per heavy atom. The summed E-state index contributed by atoms with van der Waals surface area (Å²) in [5, 5.41) is 3.37. The first-order chi connectivity index (χ1) is 11.9. The van der Waals surface area contributed by atoms with Gasteiger partial charge in [0.25, 0.3) is 0 Å². The molecule has 1 N–H and O–H groups in total. The highest BCUT2D eigenvalue weighted by atomic mass is 35.5. The highest BCUT2D eigenvalue weighted by molar-refractivity contribution is 7.89. The Morgan fingerprint density at radius 3 is 2.44 bits per heavy atom. The molecule has 0 atom stereocenters. The Bertz CT molecular complexity index is 860. The van der Waals surface area contributed by atoms with Crippen molar-refractivity contribution in [3.63, 3.8) is 0 Å². The van der Waals surface area contributed by atoms with E-state index in [0.717, 1.165) is 18.4 Å². The zero-order valence-electron chi connectivity index (χ0n) is 13.6. The van der Waals surface area contributed by atoms with Gasteiger partial charge in [-0.3, -0.25) is 4.79 Å². The fourth-order valence-corrected chi connectivity index (χ4v) is 4.49. The number of anilines is 1. The summed E-state index contributed by atoms with van der Waals surface area (Å²) in [7, 11) is -3.49. The normalized spacial score (nSPS) is 15.2. The van der Waals surface area contributed by atoms with Crippen LogP contribution in [0.5, 0.6) is 0 Å². The lowest BCUT2D eigenvalue weighted by atomic mass is 10.1. The van der Waals surface area contributed by atoms with Crippen molar-refractivity contribution in [2.75, 3.05) is 18.4 Å². The molecule has 2 aromatic carbocycles. The molecule has 132 valence electrons. The highest BCUT2D eigenvalue weighted by Gasteiger charge is 2.27. The summed E-state index contributed by atoms with van der Waals surface area (Å²) in [5.41, 5.74) is 1.31. The molecule has 0 aliphatic carbocycles. The first-order valence-corrected chi connectivity index (χ1v) is 9.91. The maximum absolute atomic E-state index is 12.6. The molecule has 0 bridgehead atoms. The van der Waals surface area contributed by atoms with E-state index >= 15 is 0 Å². The van der Waals surface area contributed by atoms with Gasteiger partial charge in [-0.2, -0.15) is 4.31 Å². The standard InChI is InChI=1S/C18H19ClN2O3S/c19-15-8-6-14(7-9-15)12-18(22)20-16-4-3-5-17(13-16)25(23,24)21-10-1-2-11-21/h3-9,13H,1-2,10-12H2,(H,20,22). The fraction of sp³-hybridized carbons (Fsp3) is 0.278. The molecule has 0 radical (unpaired) electrons. The van der Waals surface area contributed by atoms with E-state index in [2.05, 4.69) is 5.32 Å². The van der Waals surface area contributed by atoms with Crippen LogP contribution in [0.15, 0.2) is 53.4 Å². The maximum Gasteiger partial charge on any atom is 0.243 e. The number of sulfonamides is 1. The Morgan fingerprint density at radius 1 is 1.08 bits per heavy atom. The number of nitrogens with one attached hydrogen (secondary N) is 1. The molecule has 0 spiro atoms. The SMILES string of the molecule is O=C(Cc1ccc(Cl)cc1)Nc1cccc(S(=O)(=O)N2CCCC2)c1. The van der Waals surface area contributed by atoms with Crippen molar-refractivity contribution in [2.24, 2.45) is 0 Å². The zero-order valence-corrected chi connectivity index (χ0v) is 15.2. The summed E-state index contributed by atoms with van der Waals surface area (Å²) in [5.74, 6) is -0.210. The Kier molecular flexibility index (Phi) is 5.42. The highest BCUT2D eigenvalue weighted by Crippen LogP contribution is 2.23. The largest absolute Gasteiger partial charge is 0.326 e. The van der Waals surface area contributed by atoms with Gasteiger partial charge < -0.3 is 5.32 Å². The second-order valence-electron chi connectivity index (χ2n) is 5.99. The smallest absolute Gasteiger partial charge is 0.243 e. The van der Waals surface area contributed by atoms with Gasteiger partial charge in [-0.15, -0.1) is 0 Å². The number of hydrogen-bond acceptors (Lipinski definition) is 3. The molecule has 0 aromatic heterocycles. The van der Waals surface area contributed by atoms with Crippen LogP contribution in [0.3, 0.4) is 0 Å². The van der Waals surface area contributed by atoms with Crippen molar-refractivity contribution in [3.8, 4) is 0 Å². The summed E-state index contributed by atoms with van der Waals surface area (Å²) in [6.07, 6.45) is 1.97. The van der Waals surface area contributed by atoms with E-state index in [9.17, 15) is 13.2 Å². The van der Waals surface area contributed by atoms with Gasteiger partial charge in [0.05, 0.1) is 11.3 Å². The molecule has 1 saturated heterocycles. The minimum atomic E-state index is -3.49. The second kappa shape index (κ2) is 7.56. The molecule has 0 saturated carbocycles. The number of carbonyl (C=O) groups is 1. The van der Waals surface area contributed by atoms with Gasteiger partial charge in [0.1, 0.15) is 0 Å². The van der Waals surface area contributed by atoms with Crippen LogP contribution < -0.4 is 5.32 Å². The lowest BCUT2D eigenvalue weighted by molar-refractivity contribution is -0.115. The summed E-state index contributed by atoms with van der Waals surface area (Å²) < 4.78 is 26.7. The second-order valence-corrected chi connectivity index (χ2v) is 8.36. The summed E-state index contributed by atoms with van der Waals surface area (Å²) in [6, 6.07) is 13.4. The van der Waals surface area contributed by atoms with Gasteiger partial charge in [0.15, 0.2) is 0 Å². The molecule has 7 heteroatoms. The van der Waals surface area contributed by atoms with E-state index in [1.165, 1.54) is 10.4 Å². The molecule has 5 nitrogen and oxygen atoms in total. The maximum atomic E-state index is 12.6. The average molecular weight is 379 g/mol. The van der Waals surface area contributed by atoms with Crippen molar-refractivity contribution >= 4 is 33.2 Å². The fourth-order valence-electron chi connectivity index (χ4n) is 2.80. The van der Waals surface area contributed by atoms with Crippen molar-refractivity contribution in [1.82, 2.24) is 4.31 Å². The van der Waals surface area contributed by atoms with Crippen LogP contribution in [0.2, 0.25) is 5.02 Å². The van der Waals surface area contributed by atoms with Crippen LogP contribution in [0.25, 0.3) is 0 Å². The minimum Gasteiger partial charge on any atom is -0.326 e. The Hall–Kier alpha value is -1.89. The summed E-state index contributed by atoms with van der Waals surface area (Å²) in [4.78, 5) is 12.4. The van der Waals surface area contributed by atoms with Gasteiger partial charge in [-0.25, -0.2) is 8.42 Å². The van der Waals surface area contributed by atoms with Crippen molar-refractivity contribution < 1.29 is 13.2 Å². The molecular formula is C18H19ClN2O3S. The monoisotopic (exact) mass is 378 g/mol. The molecule has 1 fully saturated rings. The van der Waals surface area contributed by atoms with E-state index in [1.54, 1.807) is 42.5 Å². The van der Waals surface area contributed by atoms with E-state index in [-0.39, 0.29) is 17.2 Å². The van der Waals surface area contributed by atoms with Crippen LogP contribution >= 0.6 is 11.6 Å². The number of benzene rings is 2. The summed E-state index contributed by atoms with van der Waals surface area (Å²) in [6.45, 7) is 1.10. The molecule has 1 aliphatic heterocycles. The van der Waals surface area contributed by atoms with Crippen LogP contribution in [0.1, 0.15) is 18.4 Å². The van der Waals surface area contributed by atoms with Crippen LogP contribution in [0, 0.1) is 0 Å². The Labute approximate surface area is 152 Å². The molecule has 3 rings (SSSR count). The summed E-state index contributed by atoms with van der Waals surface area (Å²) >= 11 is 5.83. The molecule has 1 amide bonds. The van der Waals surface area contributed by atoms with Crippen molar-refractivity contribution in [3.05, 3.63) is 59.1 Å². The number of rotatable bonds is 5. The molecule has 25 heavy (non-hydrogen) atoms. The predicted molar refractivity (Wildman–Crippen MR) is 98.2 cm³/mol. The van der Waals surface area contributed by atoms with E-state index in [1.807, 2.05) is 0 Å². The van der Waals surface area contributed by atoms with E-state index in [0.29, 0.717) is 23.8 Å². The third-order valence-electron chi connectivity index (χ3n) is 4.10. The van der Waals surface area contributed by atoms with Crippen LogP contribution in [0.4, 0.5) is 5.69 Å². The number of amides is 1. The third kappa shape index (κ3) is 4.39. The molecule has 1 aliphatic rings. The van der Waals surface area contributed by atoms with Gasteiger partial charge in [-0.05, 0) is 48.7 Å². The lowest BCUT2D eigenvalue weighted by Crippen LogP contribution is -2.28. The minimum absolute atomic E-state index is 0.195. The van der Waals surface area contributed by atoms with Crippen LogP contribution in [-0.4, -0.2) is 31.7 Å². The topological polar surface area (TPSA) is 66.5 Å². The number of carbonyl (C=O) groups excluding carboxylic acids is 1. The molecule has 1 heterocycles.